The number of nitrogens with one attached hydrogen (secondary N) is 1. The molecule has 7 heteroatoms. The summed E-state index contributed by atoms with van der Waals surface area (Å²) in [5, 5.41) is 13.3. The summed E-state index contributed by atoms with van der Waals surface area (Å²) >= 11 is 1.42. The molecule has 0 radical (unpaired) electrons. The van der Waals surface area contributed by atoms with Crippen LogP contribution in [0.15, 0.2) is 30.5 Å². The number of nitrogens with zero attached hydrogens (tertiary/aromatic N) is 3. The highest BCUT2D eigenvalue weighted by molar-refractivity contribution is 7.15. The number of benzene rings is 1. The highest BCUT2D eigenvalue weighted by atomic mass is 32.1. The predicted octanol–water partition coefficient (Wildman–Crippen LogP) is 3.92. The van der Waals surface area contributed by atoms with Crippen LogP contribution in [0.5, 0.6) is 0 Å². The zero-order chi connectivity index (χ0) is 18.7. The summed E-state index contributed by atoms with van der Waals surface area (Å²) in [7, 11) is 0. The first-order chi connectivity index (χ1) is 12.4. The Labute approximate surface area is 156 Å². The van der Waals surface area contributed by atoms with Crippen molar-refractivity contribution in [3.05, 3.63) is 41.0 Å². The van der Waals surface area contributed by atoms with E-state index in [1.807, 2.05) is 35.0 Å². The van der Waals surface area contributed by atoms with Gasteiger partial charge in [-0.25, -0.2) is 0 Å². The predicted molar refractivity (Wildman–Crippen MR) is 104 cm³/mol. The number of aryl methyl sites for hydroxylation is 1. The lowest BCUT2D eigenvalue weighted by atomic mass is 10.1. The third kappa shape index (κ3) is 4.16. The molecule has 0 saturated heterocycles. The molecule has 0 bridgehead atoms. The van der Waals surface area contributed by atoms with E-state index in [2.05, 4.69) is 29.4 Å². The minimum Gasteiger partial charge on any atom is -0.346 e. The molecular weight excluding hydrogens is 348 g/mol. The minimum absolute atomic E-state index is 0.0240. The van der Waals surface area contributed by atoms with Gasteiger partial charge in [0.2, 0.25) is 11.0 Å². The van der Waals surface area contributed by atoms with E-state index < -0.39 is 0 Å². The second kappa shape index (κ2) is 7.78. The van der Waals surface area contributed by atoms with Crippen LogP contribution in [0.2, 0.25) is 0 Å². The van der Waals surface area contributed by atoms with Gasteiger partial charge in [0.15, 0.2) is 5.78 Å². The van der Waals surface area contributed by atoms with Crippen molar-refractivity contribution in [3.8, 4) is 0 Å². The van der Waals surface area contributed by atoms with Gasteiger partial charge in [-0.3, -0.25) is 9.59 Å². The molecule has 0 aliphatic rings. The van der Waals surface area contributed by atoms with Gasteiger partial charge in [0.25, 0.3) is 0 Å². The van der Waals surface area contributed by atoms with Gasteiger partial charge in [-0.2, -0.15) is 0 Å². The summed E-state index contributed by atoms with van der Waals surface area (Å²) in [5.41, 5.74) is 1.64. The molecular formula is C19H22N4O2S. The first-order valence-corrected chi connectivity index (χ1v) is 9.46. The highest BCUT2D eigenvalue weighted by Crippen LogP contribution is 2.22. The molecule has 0 spiro atoms. The quantitative estimate of drug-likeness (QED) is 0.640. The van der Waals surface area contributed by atoms with Crippen LogP contribution in [0.1, 0.15) is 42.6 Å². The van der Waals surface area contributed by atoms with Crippen molar-refractivity contribution < 1.29 is 9.59 Å². The Morgan fingerprint density at radius 3 is 2.73 bits per heavy atom. The molecule has 0 atom stereocenters. The number of amides is 1. The maximum atomic E-state index is 12.2. The molecule has 26 heavy (non-hydrogen) atoms. The van der Waals surface area contributed by atoms with Crippen LogP contribution in [0.25, 0.3) is 10.9 Å². The van der Waals surface area contributed by atoms with Gasteiger partial charge < -0.3 is 9.88 Å². The Kier molecular flexibility index (Phi) is 5.46. The van der Waals surface area contributed by atoms with E-state index in [1.54, 1.807) is 6.92 Å². The minimum atomic E-state index is -0.112. The normalized spacial score (nSPS) is 11.2. The van der Waals surface area contributed by atoms with Crippen LogP contribution in [0.3, 0.4) is 0 Å². The monoisotopic (exact) mass is 370 g/mol. The average Bonchev–Trinajstić information content (AvgIpc) is 3.17. The number of ketones is 1. The third-order valence-electron chi connectivity index (χ3n) is 4.04. The Morgan fingerprint density at radius 2 is 2.00 bits per heavy atom. The zero-order valence-corrected chi connectivity index (χ0v) is 16.0. The van der Waals surface area contributed by atoms with Crippen LogP contribution < -0.4 is 5.32 Å². The number of anilines is 1. The molecule has 2 heterocycles. The Morgan fingerprint density at radius 1 is 1.23 bits per heavy atom. The molecule has 3 aromatic rings. The second-order valence-corrected chi connectivity index (χ2v) is 7.77. The fraction of sp³-hybridized carbons (Fsp3) is 0.368. The number of aromatic nitrogens is 3. The Bertz CT molecular complexity index is 942. The molecule has 3 rings (SSSR count). The zero-order valence-electron chi connectivity index (χ0n) is 15.2. The number of carbonyl (C=O) groups is 2. The van der Waals surface area contributed by atoms with Gasteiger partial charge in [0.1, 0.15) is 5.01 Å². The van der Waals surface area contributed by atoms with Gasteiger partial charge >= 0.3 is 0 Å². The van der Waals surface area contributed by atoms with Crippen LogP contribution in [0, 0.1) is 5.92 Å². The topological polar surface area (TPSA) is 76.9 Å². The van der Waals surface area contributed by atoms with Crippen molar-refractivity contribution in [1.82, 2.24) is 14.8 Å². The SMILES string of the molecule is CC(=O)c1cn(CCC(=O)Nc2nnc(CC(C)C)s2)c2ccccc12. The number of hydrogen-bond acceptors (Lipinski definition) is 5. The fourth-order valence-electron chi connectivity index (χ4n) is 2.85. The summed E-state index contributed by atoms with van der Waals surface area (Å²) in [6.07, 6.45) is 2.98. The largest absolute Gasteiger partial charge is 0.346 e. The molecule has 1 amide bonds. The lowest BCUT2D eigenvalue weighted by Crippen LogP contribution is -2.14. The molecule has 136 valence electrons. The van der Waals surface area contributed by atoms with Gasteiger partial charge in [0.05, 0.1) is 0 Å². The van der Waals surface area contributed by atoms with Crippen LogP contribution in [-0.2, 0) is 17.8 Å². The molecule has 6 nitrogen and oxygen atoms in total. The third-order valence-corrected chi connectivity index (χ3v) is 4.90. The lowest BCUT2D eigenvalue weighted by molar-refractivity contribution is -0.116. The van der Waals surface area contributed by atoms with E-state index in [1.165, 1.54) is 11.3 Å². The van der Waals surface area contributed by atoms with Gasteiger partial charge in [-0.05, 0) is 18.9 Å². The van der Waals surface area contributed by atoms with Crippen molar-refractivity contribution in [2.75, 3.05) is 5.32 Å². The summed E-state index contributed by atoms with van der Waals surface area (Å²) in [5.74, 6) is 0.416. The summed E-state index contributed by atoms with van der Waals surface area (Å²) < 4.78 is 1.95. The maximum absolute atomic E-state index is 12.2. The van der Waals surface area contributed by atoms with Gasteiger partial charge in [-0.1, -0.05) is 43.4 Å². The van der Waals surface area contributed by atoms with E-state index in [0.29, 0.717) is 29.6 Å². The second-order valence-electron chi connectivity index (χ2n) is 6.71. The Balaban J connectivity index is 1.65. The average molecular weight is 370 g/mol. The van der Waals surface area contributed by atoms with Crippen molar-refractivity contribution in [3.63, 3.8) is 0 Å². The lowest BCUT2D eigenvalue weighted by Gasteiger charge is -2.05. The van der Waals surface area contributed by atoms with Crippen LogP contribution in [0.4, 0.5) is 5.13 Å². The Hall–Kier alpha value is -2.54. The van der Waals surface area contributed by atoms with E-state index in [0.717, 1.165) is 22.3 Å². The summed E-state index contributed by atoms with van der Waals surface area (Å²) in [4.78, 5) is 24.1. The van der Waals surface area contributed by atoms with Crippen molar-refractivity contribution in [2.24, 2.45) is 5.92 Å². The smallest absolute Gasteiger partial charge is 0.227 e. The standard InChI is InChI=1S/C19H22N4O2S/c1-12(2)10-18-21-22-19(26-18)20-17(25)8-9-23-11-15(13(3)24)14-6-4-5-7-16(14)23/h4-7,11-12H,8-10H2,1-3H3,(H,20,22,25). The number of rotatable bonds is 7. The number of carbonyl (C=O) groups excluding carboxylic acids is 2. The molecule has 2 aromatic heterocycles. The first-order valence-electron chi connectivity index (χ1n) is 8.65. The highest BCUT2D eigenvalue weighted by Gasteiger charge is 2.13. The van der Waals surface area contributed by atoms with E-state index in [-0.39, 0.29) is 11.7 Å². The number of hydrogen-bond donors (Lipinski definition) is 1. The van der Waals surface area contributed by atoms with Crippen LogP contribution in [-0.4, -0.2) is 26.5 Å². The van der Waals surface area contributed by atoms with Crippen molar-refractivity contribution in [1.29, 1.82) is 0 Å². The fourth-order valence-corrected chi connectivity index (χ4v) is 3.82. The number of Topliss-reactive ketones (excluding diaryl/α,β-unsaturated/α-hetero) is 1. The molecule has 1 aromatic carbocycles. The van der Waals surface area contributed by atoms with E-state index >= 15 is 0 Å². The van der Waals surface area contributed by atoms with Crippen molar-refractivity contribution in [2.45, 2.75) is 40.2 Å². The molecule has 0 saturated carbocycles. The molecule has 0 fully saturated rings. The maximum Gasteiger partial charge on any atom is 0.227 e. The summed E-state index contributed by atoms with van der Waals surface area (Å²) in [6, 6.07) is 7.74. The number of para-hydroxylation sites is 1. The van der Waals surface area contributed by atoms with E-state index in [4.69, 9.17) is 0 Å². The van der Waals surface area contributed by atoms with Gasteiger partial charge in [-0.15, -0.1) is 10.2 Å². The molecule has 0 aliphatic carbocycles. The van der Waals surface area contributed by atoms with Crippen LogP contribution >= 0.6 is 11.3 Å². The summed E-state index contributed by atoms with van der Waals surface area (Å²) in [6.45, 7) is 6.30. The van der Waals surface area contributed by atoms with Gasteiger partial charge in [0, 0.05) is 42.0 Å². The molecule has 1 N–H and O–H groups in total. The first kappa shape index (κ1) is 18.3. The van der Waals surface area contributed by atoms with Crippen molar-refractivity contribution >= 4 is 39.1 Å². The molecule has 0 unspecified atom stereocenters. The number of fused-ring (bicyclic) bond motifs is 1. The molecule has 0 aliphatic heterocycles. The van der Waals surface area contributed by atoms with E-state index in [9.17, 15) is 9.59 Å².